The molecule has 1 atom stereocenters. The van der Waals surface area contributed by atoms with Crippen molar-refractivity contribution >= 4 is 0 Å². The van der Waals surface area contributed by atoms with Crippen LogP contribution in [-0.2, 0) is 7.05 Å². The highest BCUT2D eigenvalue weighted by Crippen LogP contribution is 2.26. The minimum absolute atomic E-state index is 0.290. The van der Waals surface area contributed by atoms with Crippen molar-refractivity contribution < 1.29 is 9.50 Å². The Bertz CT molecular complexity index is 548. The molecular formula is C13H15FN2O. The fraction of sp³-hybridized carbons (Fsp3) is 0.308. The van der Waals surface area contributed by atoms with Gasteiger partial charge in [0, 0.05) is 18.8 Å². The van der Waals surface area contributed by atoms with Gasteiger partial charge >= 0.3 is 0 Å². The smallest absolute Gasteiger partial charge is 0.123 e. The van der Waals surface area contributed by atoms with E-state index < -0.39 is 6.10 Å². The fourth-order valence-electron chi connectivity index (χ4n) is 2.00. The summed E-state index contributed by atoms with van der Waals surface area (Å²) in [7, 11) is 1.81. The summed E-state index contributed by atoms with van der Waals surface area (Å²) in [4.78, 5) is 0. The van der Waals surface area contributed by atoms with E-state index in [1.165, 1.54) is 12.1 Å². The molecule has 0 fully saturated rings. The molecule has 1 aromatic heterocycles. The summed E-state index contributed by atoms with van der Waals surface area (Å²) in [5, 5.41) is 14.5. The zero-order valence-electron chi connectivity index (χ0n) is 10.1. The lowest BCUT2D eigenvalue weighted by molar-refractivity contribution is 0.218. The van der Waals surface area contributed by atoms with Crippen LogP contribution < -0.4 is 0 Å². The van der Waals surface area contributed by atoms with Gasteiger partial charge in [-0.2, -0.15) is 5.10 Å². The summed E-state index contributed by atoms with van der Waals surface area (Å²) in [5.74, 6) is -0.290. The Kier molecular flexibility index (Phi) is 2.98. The zero-order chi connectivity index (χ0) is 12.6. The lowest BCUT2D eigenvalue weighted by atomic mass is 9.98. The molecule has 4 heteroatoms. The van der Waals surface area contributed by atoms with E-state index in [1.807, 2.05) is 6.92 Å². The number of aliphatic hydroxyl groups excluding tert-OH is 1. The standard InChI is InChI=1S/C13H15FN2O/c1-8-6-10(14)4-5-11(8)13(17)12-7-16(3)15-9(12)2/h4-7,13,17H,1-3H3. The second kappa shape index (κ2) is 4.30. The number of benzene rings is 1. The Morgan fingerprint density at radius 1 is 1.29 bits per heavy atom. The van der Waals surface area contributed by atoms with Gasteiger partial charge in [0.05, 0.1) is 5.69 Å². The summed E-state index contributed by atoms with van der Waals surface area (Å²) in [6.45, 7) is 3.63. The van der Waals surface area contributed by atoms with Gasteiger partial charge in [0.1, 0.15) is 11.9 Å². The molecule has 1 N–H and O–H groups in total. The van der Waals surface area contributed by atoms with Gasteiger partial charge in [0.2, 0.25) is 0 Å². The van der Waals surface area contributed by atoms with Crippen molar-refractivity contribution in [3.8, 4) is 0 Å². The Labute approximate surface area is 99.5 Å². The van der Waals surface area contributed by atoms with Gasteiger partial charge in [0.15, 0.2) is 0 Å². The maximum Gasteiger partial charge on any atom is 0.123 e. The highest BCUT2D eigenvalue weighted by atomic mass is 19.1. The fourth-order valence-corrected chi connectivity index (χ4v) is 2.00. The Hall–Kier alpha value is -1.68. The SMILES string of the molecule is Cc1cc(F)ccc1C(O)c1cn(C)nc1C. The molecule has 0 spiro atoms. The summed E-state index contributed by atoms with van der Waals surface area (Å²) in [6.07, 6.45) is 1.02. The van der Waals surface area contributed by atoms with E-state index in [0.29, 0.717) is 5.56 Å². The normalized spacial score (nSPS) is 12.8. The maximum atomic E-state index is 13.0. The number of nitrogens with zero attached hydrogens (tertiary/aromatic N) is 2. The average molecular weight is 234 g/mol. The molecule has 0 saturated carbocycles. The molecule has 1 heterocycles. The molecule has 90 valence electrons. The van der Waals surface area contributed by atoms with E-state index >= 15 is 0 Å². The van der Waals surface area contributed by atoms with E-state index in [4.69, 9.17) is 0 Å². The summed E-state index contributed by atoms with van der Waals surface area (Å²) >= 11 is 0. The van der Waals surface area contributed by atoms with Crippen LogP contribution in [0.3, 0.4) is 0 Å². The molecule has 0 aliphatic rings. The minimum Gasteiger partial charge on any atom is -0.384 e. The van der Waals surface area contributed by atoms with Crippen molar-refractivity contribution in [3.05, 3.63) is 52.6 Å². The van der Waals surface area contributed by atoms with Gasteiger partial charge in [-0.05, 0) is 37.1 Å². The predicted octanol–water partition coefficient (Wildman–Crippen LogP) is 2.26. The molecular weight excluding hydrogens is 219 g/mol. The summed E-state index contributed by atoms with van der Waals surface area (Å²) in [5.41, 5.74) is 2.98. The van der Waals surface area contributed by atoms with Gasteiger partial charge in [0.25, 0.3) is 0 Å². The first-order valence-corrected chi connectivity index (χ1v) is 5.43. The van der Waals surface area contributed by atoms with Crippen LogP contribution in [0.25, 0.3) is 0 Å². The molecule has 0 bridgehead atoms. The average Bonchev–Trinajstić information content (AvgIpc) is 2.57. The first kappa shape index (κ1) is 11.8. The van der Waals surface area contributed by atoms with Gasteiger partial charge in [-0.3, -0.25) is 4.68 Å². The number of hydrogen-bond acceptors (Lipinski definition) is 2. The molecule has 0 aliphatic carbocycles. The Morgan fingerprint density at radius 3 is 2.53 bits per heavy atom. The number of aromatic nitrogens is 2. The maximum absolute atomic E-state index is 13.0. The summed E-state index contributed by atoms with van der Waals surface area (Å²) in [6, 6.07) is 4.39. The lowest BCUT2D eigenvalue weighted by Crippen LogP contribution is -2.03. The van der Waals surface area contributed by atoms with Gasteiger partial charge in [-0.25, -0.2) is 4.39 Å². The first-order chi connectivity index (χ1) is 7.99. The van der Waals surface area contributed by atoms with Gasteiger partial charge in [-0.15, -0.1) is 0 Å². The number of aliphatic hydroxyl groups is 1. The molecule has 0 amide bonds. The molecule has 0 radical (unpaired) electrons. The van der Waals surface area contributed by atoms with Crippen LogP contribution in [0.15, 0.2) is 24.4 Å². The van der Waals surface area contributed by atoms with Gasteiger partial charge in [-0.1, -0.05) is 6.07 Å². The van der Waals surface area contributed by atoms with Crippen molar-refractivity contribution in [2.75, 3.05) is 0 Å². The molecule has 1 unspecified atom stereocenters. The van der Waals surface area contributed by atoms with Crippen molar-refractivity contribution in [2.45, 2.75) is 20.0 Å². The van der Waals surface area contributed by atoms with Crippen LogP contribution in [0.2, 0.25) is 0 Å². The first-order valence-electron chi connectivity index (χ1n) is 5.43. The molecule has 2 aromatic rings. The topological polar surface area (TPSA) is 38.0 Å². The van der Waals surface area contributed by atoms with E-state index in [9.17, 15) is 9.50 Å². The highest BCUT2D eigenvalue weighted by molar-refractivity contribution is 5.36. The number of rotatable bonds is 2. The molecule has 2 rings (SSSR count). The minimum atomic E-state index is -0.760. The van der Waals surface area contributed by atoms with E-state index in [0.717, 1.165) is 16.8 Å². The van der Waals surface area contributed by atoms with E-state index in [1.54, 1.807) is 30.9 Å². The van der Waals surface area contributed by atoms with Crippen LogP contribution in [0.5, 0.6) is 0 Å². The predicted molar refractivity (Wildman–Crippen MR) is 63.1 cm³/mol. The quantitative estimate of drug-likeness (QED) is 0.865. The third-order valence-electron chi connectivity index (χ3n) is 2.87. The second-order valence-corrected chi connectivity index (χ2v) is 4.25. The van der Waals surface area contributed by atoms with Crippen LogP contribution >= 0.6 is 0 Å². The molecule has 0 saturated heterocycles. The number of hydrogen-bond donors (Lipinski definition) is 1. The monoisotopic (exact) mass is 234 g/mol. The molecule has 17 heavy (non-hydrogen) atoms. The number of aryl methyl sites for hydroxylation is 3. The van der Waals surface area contributed by atoms with Crippen LogP contribution in [0.1, 0.15) is 28.5 Å². The third kappa shape index (κ3) is 2.22. The van der Waals surface area contributed by atoms with Crippen molar-refractivity contribution in [2.24, 2.45) is 7.05 Å². The van der Waals surface area contributed by atoms with Crippen molar-refractivity contribution in [3.63, 3.8) is 0 Å². The summed E-state index contributed by atoms with van der Waals surface area (Å²) < 4.78 is 14.7. The molecule has 3 nitrogen and oxygen atoms in total. The van der Waals surface area contributed by atoms with Crippen LogP contribution in [0.4, 0.5) is 4.39 Å². The Balaban J connectivity index is 2.43. The molecule has 0 aliphatic heterocycles. The Morgan fingerprint density at radius 2 is 2.00 bits per heavy atom. The highest BCUT2D eigenvalue weighted by Gasteiger charge is 2.17. The molecule has 1 aromatic carbocycles. The zero-order valence-corrected chi connectivity index (χ0v) is 10.1. The van der Waals surface area contributed by atoms with Crippen LogP contribution in [0, 0.1) is 19.7 Å². The van der Waals surface area contributed by atoms with Crippen LogP contribution in [-0.4, -0.2) is 14.9 Å². The number of halogens is 1. The third-order valence-corrected chi connectivity index (χ3v) is 2.87. The van der Waals surface area contributed by atoms with Crippen molar-refractivity contribution in [1.29, 1.82) is 0 Å². The van der Waals surface area contributed by atoms with E-state index in [-0.39, 0.29) is 5.82 Å². The largest absolute Gasteiger partial charge is 0.384 e. The second-order valence-electron chi connectivity index (χ2n) is 4.25. The van der Waals surface area contributed by atoms with Gasteiger partial charge < -0.3 is 5.11 Å². The van der Waals surface area contributed by atoms with E-state index in [2.05, 4.69) is 5.10 Å². The lowest BCUT2D eigenvalue weighted by Gasteiger charge is -2.13. The van der Waals surface area contributed by atoms with Crippen molar-refractivity contribution in [1.82, 2.24) is 9.78 Å².